The van der Waals surface area contributed by atoms with Crippen LogP contribution < -0.4 is 0 Å². The summed E-state index contributed by atoms with van der Waals surface area (Å²) in [4.78, 5) is 4.35. The second-order valence-corrected chi connectivity index (χ2v) is 8.00. The molecule has 2 aliphatic rings. The minimum atomic E-state index is -2.98. The molecule has 0 saturated carbocycles. The smallest absolute Gasteiger partial charge is 0.153 e. The van der Waals surface area contributed by atoms with Gasteiger partial charge in [0.25, 0.3) is 0 Å². The van der Waals surface area contributed by atoms with E-state index in [2.05, 4.69) is 4.98 Å². The number of fused-ring (bicyclic) bond motifs is 1. The Kier molecular flexibility index (Phi) is 3.39. The van der Waals surface area contributed by atoms with Crippen LogP contribution in [0.5, 0.6) is 0 Å². The zero-order valence-electron chi connectivity index (χ0n) is 11.0. The first kappa shape index (κ1) is 13.1. The number of nitrogens with zero attached hydrogens (tertiary/aromatic N) is 2. The van der Waals surface area contributed by atoms with Gasteiger partial charge in [0, 0.05) is 18.3 Å². The van der Waals surface area contributed by atoms with Crippen LogP contribution in [0.3, 0.4) is 0 Å². The molecule has 3 rings (SSSR count). The van der Waals surface area contributed by atoms with Crippen molar-refractivity contribution in [3.8, 4) is 0 Å². The molecular weight excluding hydrogens is 264 g/mol. The van der Waals surface area contributed by atoms with Gasteiger partial charge in [0.05, 0.1) is 11.0 Å². The van der Waals surface area contributed by atoms with E-state index in [9.17, 15) is 13.5 Å². The highest BCUT2D eigenvalue weighted by atomic mass is 32.2. The average molecular weight is 284 g/mol. The SMILES string of the molecule is O=S1(=O)CCCCC1Cc1ncc2n1C(O)CCC2. The summed E-state index contributed by atoms with van der Waals surface area (Å²) in [5.74, 6) is 1.03. The zero-order valence-corrected chi connectivity index (χ0v) is 11.8. The first-order valence-electron chi connectivity index (χ1n) is 7.02. The molecule has 2 unspecified atom stereocenters. The predicted molar refractivity (Wildman–Crippen MR) is 71.6 cm³/mol. The fraction of sp³-hybridized carbons (Fsp3) is 0.769. The number of aryl methyl sites for hydroxylation is 1. The molecular formula is C13H20N2O3S. The zero-order chi connectivity index (χ0) is 13.5. The Morgan fingerprint density at radius 3 is 2.95 bits per heavy atom. The molecule has 6 heteroatoms. The maximum absolute atomic E-state index is 12.1. The van der Waals surface area contributed by atoms with Crippen LogP contribution in [0, 0.1) is 0 Å². The van der Waals surface area contributed by atoms with Gasteiger partial charge in [-0.3, -0.25) is 0 Å². The summed E-state index contributed by atoms with van der Waals surface area (Å²) in [6, 6.07) is 0. The Hall–Kier alpha value is -0.880. The molecule has 0 spiro atoms. The summed E-state index contributed by atoms with van der Waals surface area (Å²) in [7, 11) is -2.98. The number of imidazole rings is 1. The van der Waals surface area contributed by atoms with E-state index < -0.39 is 16.1 Å². The van der Waals surface area contributed by atoms with E-state index in [-0.39, 0.29) is 5.25 Å². The summed E-state index contributed by atoms with van der Waals surface area (Å²) in [6.07, 6.45) is 6.78. The van der Waals surface area contributed by atoms with Crippen molar-refractivity contribution in [3.05, 3.63) is 17.7 Å². The number of aliphatic hydroxyl groups is 1. The van der Waals surface area contributed by atoms with Gasteiger partial charge in [-0.2, -0.15) is 0 Å². The monoisotopic (exact) mass is 284 g/mol. The molecule has 0 aliphatic carbocycles. The van der Waals surface area contributed by atoms with Crippen molar-refractivity contribution in [2.45, 2.75) is 56.4 Å². The Morgan fingerprint density at radius 1 is 1.32 bits per heavy atom. The topological polar surface area (TPSA) is 72.2 Å². The van der Waals surface area contributed by atoms with Gasteiger partial charge in [0.1, 0.15) is 12.1 Å². The molecule has 0 aromatic carbocycles. The third-order valence-electron chi connectivity index (χ3n) is 4.27. The highest BCUT2D eigenvalue weighted by Gasteiger charge is 2.31. The van der Waals surface area contributed by atoms with E-state index in [0.717, 1.165) is 50.0 Å². The normalized spacial score (nSPS) is 29.9. The molecule has 106 valence electrons. The van der Waals surface area contributed by atoms with Crippen LogP contribution in [-0.4, -0.2) is 34.1 Å². The Morgan fingerprint density at radius 2 is 2.16 bits per heavy atom. The van der Waals surface area contributed by atoms with Crippen LogP contribution >= 0.6 is 0 Å². The van der Waals surface area contributed by atoms with E-state index in [1.165, 1.54) is 0 Å². The van der Waals surface area contributed by atoms with Gasteiger partial charge in [0.15, 0.2) is 9.84 Å². The minimum absolute atomic E-state index is 0.299. The van der Waals surface area contributed by atoms with E-state index >= 15 is 0 Å². The van der Waals surface area contributed by atoms with Gasteiger partial charge in [-0.1, -0.05) is 6.42 Å². The number of rotatable bonds is 2. The Balaban J connectivity index is 1.86. The highest BCUT2D eigenvalue weighted by Crippen LogP contribution is 2.28. The quantitative estimate of drug-likeness (QED) is 0.886. The lowest BCUT2D eigenvalue weighted by atomic mass is 10.1. The fourth-order valence-corrected chi connectivity index (χ4v) is 5.06. The van der Waals surface area contributed by atoms with Crippen molar-refractivity contribution in [2.24, 2.45) is 0 Å². The van der Waals surface area contributed by atoms with Crippen LogP contribution in [-0.2, 0) is 22.7 Å². The molecule has 19 heavy (non-hydrogen) atoms. The number of hydrogen-bond donors (Lipinski definition) is 1. The summed E-state index contributed by atoms with van der Waals surface area (Å²) < 4.78 is 26.0. The van der Waals surface area contributed by atoms with Gasteiger partial charge >= 0.3 is 0 Å². The van der Waals surface area contributed by atoms with Crippen molar-refractivity contribution in [1.29, 1.82) is 0 Å². The van der Waals surface area contributed by atoms with Crippen molar-refractivity contribution >= 4 is 9.84 Å². The minimum Gasteiger partial charge on any atom is -0.373 e. The van der Waals surface area contributed by atoms with Crippen molar-refractivity contribution in [3.63, 3.8) is 0 Å². The molecule has 1 N–H and O–H groups in total. The molecule has 0 bridgehead atoms. The van der Waals surface area contributed by atoms with Crippen LogP contribution in [0.1, 0.15) is 49.9 Å². The maximum Gasteiger partial charge on any atom is 0.153 e. The maximum atomic E-state index is 12.1. The lowest BCUT2D eigenvalue weighted by Crippen LogP contribution is -2.32. The number of hydrogen-bond acceptors (Lipinski definition) is 4. The lowest BCUT2D eigenvalue weighted by molar-refractivity contribution is 0.0757. The molecule has 3 heterocycles. The second-order valence-electron chi connectivity index (χ2n) is 5.60. The van der Waals surface area contributed by atoms with Gasteiger partial charge < -0.3 is 9.67 Å². The predicted octanol–water partition coefficient (Wildman–Crippen LogP) is 1.22. The van der Waals surface area contributed by atoms with Crippen molar-refractivity contribution in [1.82, 2.24) is 9.55 Å². The Labute approximate surface area is 113 Å². The average Bonchev–Trinajstić information content (AvgIpc) is 2.77. The standard InChI is InChI=1S/C13H20N2O3S/c16-13-6-3-4-10-9-14-12(15(10)13)8-11-5-1-2-7-19(11,17)18/h9,11,13,16H,1-8H2. The Bertz CT molecular complexity index is 564. The summed E-state index contributed by atoms with van der Waals surface area (Å²) >= 11 is 0. The summed E-state index contributed by atoms with van der Waals surface area (Å²) in [6.45, 7) is 0. The summed E-state index contributed by atoms with van der Waals surface area (Å²) in [5, 5.41) is 9.75. The third-order valence-corrected chi connectivity index (χ3v) is 6.54. The lowest BCUT2D eigenvalue weighted by Gasteiger charge is -2.26. The van der Waals surface area contributed by atoms with Crippen molar-refractivity contribution in [2.75, 3.05) is 5.75 Å². The largest absolute Gasteiger partial charge is 0.373 e. The third kappa shape index (κ3) is 2.43. The molecule has 1 saturated heterocycles. The summed E-state index contributed by atoms with van der Waals surface area (Å²) in [5.41, 5.74) is 1.03. The first-order chi connectivity index (χ1) is 9.08. The molecule has 1 aromatic heterocycles. The molecule has 5 nitrogen and oxygen atoms in total. The fourth-order valence-electron chi connectivity index (χ4n) is 3.19. The molecule has 0 amide bonds. The van der Waals surface area contributed by atoms with Crippen LogP contribution in [0.2, 0.25) is 0 Å². The van der Waals surface area contributed by atoms with E-state index in [1.54, 1.807) is 6.20 Å². The molecule has 0 radical (unpaired) electrons. The molecule has 2 aliphatic heterocycles. The molecule has 1 aromatic rings. The highest BCUT2D eigenvalue weighted by molar-refractivity contribution is 7.92. The molecule has 2 atom stereocenters. The molecule has 1 fully saturated rings. The second kappa shape index (κ2) is 4.90. The van der Waals surface area contributed by atoms with E-state index in [0.29, 0.717) is 12.2 Å². The van der Waals surface area contributed by atoms with Crippen LogP contribution in [0.4, 0.5) is 0 Å². The van der Waals surface area contributed by atoms with Crippen LogP contribution in [0.25, 0.3) is 0 Å². The van der Waals surface area contributed by atoms with Gasteiger partial charge in [-0.05, 0) is 32.1 Å². The van der Waals surface area contributed by atoms with Gasteiger partial charge in [0.2, 0.25) is 0 Å². The number of sulfone groups is 1. The van der Waals surface area contributed by atoms with Crippen LogP contribution in [0.15, 0.2) is 6.20 Å². The number of aromatic nitrogens is 2. The van der Waals surface area contributed by atoms with Crippen molar-refractivity contribution < 1.29 is 13.5 Å². The van der Waals surface area contributed by atoms with Gasteiger partial charge in [-0.25, -0.2) is 13.4 Å². The number of aliphatic hydroxyl groups excluding tert-OH is 1. The first-order valence-corrected chi connectivity index (χ1v) is 8.74. The van der Waals surface area contributed by atoms with E-state index in [1.807, 2.05) is 4.57 Å². The van der Waals surface area contributed by atoms with Gasteiger partial charge in [-0.15, -0.1) is 0 Å². The van der Waals surface area contributed by atoms with E-state index in [4.69, 9.17) is 0 Å².